The smallest absolute Gasteiger partial charge is 0.224 e. The van der Waals surface area contributed by atoms with Gasteiger partial charge >= 0.3 is 0 Å². The molecule has 116 valence electrons. The van der Waals surface area contributed by atoms with Crippen LogP contribution in [-0.4, -0.2) is 23.2 Å². The van der Waals surface area contributed by atoms with Crippen LogP contribution in [0.1, 0.15) is 44.6 Å². The second-order valence-electron chi connectivity index (χ2n) is 5.76. The van der Waals surface area contributed by atoms with E-state index in [-0.39, 0.29) is 24.3 Å². The van der Waals surface area contributed by atoms with E-state index in [1.54, 1.807) is 6.07 Å². The highest BCUT2D eigenvalue weighted by atomic mass is 35.5. The second-order valence-corrected chi connectivity index (χ2v) is 6.57. The first-order valence-electron chi connectivity index (χ1n) is 7.34. The van der Waals surface area contributed by atoms with Crippen LogP contribution in [0.25, 0.3) is 0 Å². The largest absolute Gasteiger partial charge is 0.394 e. The molecule has 0 spiro atoms. The van der Waals surface area contributed by atoms with Crippen molar-refractivity contribution in [2.75, 3.05) is 6.61 Å². The van der Waals surface area contributed by atoms with E-state index in [1.165, 1.54) is 0 Å². The molecule has 5 heteroatoms. The van der Waals surface area contributed by atoms with E-state index >= 15 is 0 Å². The highest BCUT2D eigenvalue weighted by molar-refractivity contribution is 6.42. The molecule has 1 aliphatic rings. The van der Waals surface area contributed by atoms with Crippen LogP contribution in [0.3, 0.4) is 0 Å². The molecule has 3 nitrogen and oxygen atoms in total. The van der Waals surface area contributed by atoms with E-state index < -0.39 is 5.54 Å². The van der Waals surface area contributed by atoms with Crippen LogP contribution in [0.4, 0.5) is 0 Å². The molecule has 2 atom stereocenters. The lowest BCUT2D eigenvalue weighted by atomic mass is 9.93. The molecule has 0 bridgehead atoms. The summed E-state index contributed by atoms with van der Waals surface area (Å²) in [6, 6.07) is 5.52. The molecule has 2 N–H and O–H groups in total. The highest BCUT2D eigenvalue weighted by Crippen LogP contribution is 2.48. The van der Waals surface area contributed by atoms with Crippen molar-refractivity contribution in [3.63, 3.8) is 0 Å². The van der Waals surface area contributed by atoms with Gasteiger partial charge in [-0.2, -0.15) is 0 Å². The molecule has 1 aromatic rings. The number of benzene rings is 1. The van der Waals surface area contributed by atoms with Crippen molar-refractivity contribution < 1.29 is 9.90 Å². The Bertz CT molecular complexity index is 521. The number of amides is 1. The summed E-state index contributed by atoms with van der Waals surface area (Å²) >= 11 is 11.9. The third-order valence-electron chi connectivity index (χ3n) is 4.54. The Balaban J connectivity index is 2.02. The Hall–Kier alpha value is -0.770. The highest BCUT2D eigenvalue weighted by Gasteiger charge is 2.45. The normalized spacial score (nSPS) is 21.2. The third-order valence-corrected chi connectivity index (χ3v) is 5.28. The predicted molar refractivity (Wildman–Crippen MR) is 85.9 cm³/mol. The number of halogens is 2. The van der Waals surface area contributed by atoms with Crippen LogP contribution in [0.5, 0.6) is 0 Å². The number of carbonyl (C=O) groups excluding carboxylic acids is 1. The van der Waals surface area contributed by atoms with Crippen LogP contribution in [0, 0.1) is 5.92 Å². The van der Waals surface area contributed by atoms with Crippen molar-refractivity contribution in [3.8, 4) is 0 Å². The van der Waals surface area contributed by atoms with E-state index in [2.05, 4.69) is 5.32 Å². The number of nitrogens with one attached hydrogen (secondary N) is 1. The summed E-state index contributed by atoms with van der Waals surface area (Å²) in [6.45, 7) is 3.92. The van der Waals surface area contributed by atoms with Crippen molar-refractivity contribution in [1.82, 2.24) is 5.32 Å². The molecule has 0 heterocycles. The molecule has 2 rings (SSSR count). The molecule has 0 unspecified atom stereocenters. The van der Waals surface area contributed by atoms with Gasteiger partial charge in [0.15, 0.2) is 0 Å². The Labute approximate surface area is 135 Å². The fourth-order valence-corrected chi connectivity index (χ4v) is 2.95. The van der Waals surface area contributed by atoms with Gasteiger partial charge in [0.25, 0.3) is 0 Å². The molecule has 21 heavy (non-hydrogen) atoms. The lowest BCUT2D eigenvalue weighted by Gasteiger charge is -2.30. The number of hydrogen-bond acceptors (Lipinski definition) is 2. The fourth-order valence-electron chi connectivity index (χ4n) is 2.64. The quantitative estimate of drug-likeness (QED) is 0.834. The van der Waals surface area contributed by atoms with Gasteiger partial charge in [-0.25, -0.2) is 0 Å². The summed E-state index contributed by atoms with van der Waals surface area (Å²) in [4.78, 5) is 12.4. The van der Waals surface area contributed by atoms with Gasteiger partial charge in [0.05, 0.1) is 22.2 Å². The Morgan fingerprint density at radius 2 is 2.00 bits per heavy atom. The summed E-state index contributed by atoms with van der Waals surface area (Å²) in [6.07, 6.45) is 2.25. The van der Waals surface area contributed by atoms with Gasteiger partial charge < -0.3 is 10.4 Å². The van der Waals surface area contributed by atoms with Gasteiger partial charge in [-0.3, -0.25) is 4.79 Å². The predicted octanol–water partition coefficient (Wildman–Crippen LogP) is 3.76. The van der Waals surface area contributed by atoms with E-state index in [0.717, 1.165) is 24.8 Å². The van der Waals surface area contributed by atoms with Crippen molar-refractivity contribution in [3.05, 3.63) is 33.8 Å². The van der Waals surface area contributed by atoms with Crippen molar-refractivity contribution >= 4 is 29.1 Å². The van der Waals surface area contributed by atoms with Crippen molar-refractivity contribution in [2.45, 2.75) is 44.6 Å². The Morgan fingerprint density at radius 3 is 2.52 bits per heavy atom. The number of aliphatic hydroxyl groups excluding tert-OH is 1. The SMILES string of the molecule is CCC(CC)(CO)NC(=O)[C@H]1C[C@H]1c1ccc(Cl)c(Cl)c1. The first-order valence-corrected chi connectivity index (χ1v) is 8.09. The zero-order chi connectivity index (χ0) is 15.6. The topological polar surface area (TPSA) is 49.3 Å². The second kappa shape index (κ2) is 6.55. The van der Waals surface area contributed by atoms with E-state index in [9.17, 15) is 9.90 Å². The summed E-state index contributed by atoms with van der Waals surface area (Å²) in [7, 11) is 0. The molecule has 1 amide bonds. The average molecular weight is 330 g/mol. The van der Waals surface area contributed by atoms with E-state index in [0.29, 0.717) is 10.0 Å². The summed E-state index contributed by atoms with van der Waals surface area (Å²) in [5.41, 5.74) is 0.550. The lowest BCUT2D eigenvalue weighted by Crippen LogP contribution is -2.51. The molecule has 1 aromatic carbocycles. The summed E-state index contributed by atoms with van der Waals surface area (Å²) in [5, 5.41) is 13.6. The third kappa shape index (κ3) is 3.53. The summed E-state index contributed by atoms with van der Waals surface area (Å²) in [5.74, 6) is 0.181. The Morgan fingerprint density at radius 1 is 1.33 bits per heavy atom. The number of rotatable bonds is 6. The maximum atomic E-state index is 12.4. The standard InChI is InChI=1S/C16H21Cl2NO2/c1-3-16(4-2,9-20)19-15(21)12-8-11(12)10-5-6-13(17)14(18)7-10/h5-7,11-12,20H,3-4,8-9H2,1-2H3,(H,19,21)/t11-,12-/m0/s1. The maximum Gasteiger partial charge on any atom is 0.224 e. The zero-order valence-corrected chi connectivity index (χ0v) is 13.8. The maximum absolute atomic E-state index is 12.4. The van der Waals surface area contributed by atoms with Crippen LogP contribution >= 0.6 is 23.2 Å². The molecule has 1 fully saturated rings. The van der Waals surface area contributed by atoms with Gasteiger partial charge in [0, 0.05) is 5.92 Å². The number of hydrogen-bond donors (Lipinski definition) is 2. The van der Waals surface area contributed by atoms with Gasteiger partial charge in [0.1, 0.15) is 0 Å². The van der Waals surface area contributed by atoms with Gasteiger partial charge in [0.2, 0.25) is 5.91 Å². The molecule has 1 aliphatic carbocycles. The molecule has 0 aromatic heterocycles. The first-order chi connectivity index (χ1) is 9.96. The monoisotopic (exact) mass is 329 g/mol. The molecule has 0 aliphatic heterocycles. The molecule has 1 saturated carbocycles. The molecule has 0 saturated heterocycles. The van der Waals surface area contributed by atoms with Crippen LogP contribution in [0.2, 0.25) is 10.0 Å². The molecule has 0 radical (unpaired) electrons. The lowest BCUT2D eigenvalue weighted by molar-refractivity contribution is -0.125. The van der Waals surface area contributed by atoms with Gasteiger partial charge in [-0.1, -0.05) is 43.1 Å². The summed E-state index contributed by atoms with van der Waals surface area (Å²) < 4.78 is 0. The first kappa shape index (κ1) is 16.6. The minimum atomic E-state index is -0.498. The molecular weight excluding hydrogens is 309 g/mol. The van der Waals surface area contributed by atoms with Crippen LogP contribution < -0.4 is 5.32 Å². The van der Waals surface area contributed by atoms with Gasteiger partial charge in [-0.05, 0) is 42.9 Å². The zero-order valence-electron chi connectivity index (χ0n) is 12.3. The average Bonchev–Trinajstić information content (AvgIpc) is 3.28. The van der Waals surface area contributed by atoms with Crippen molar-refractivity contribution in [1.29, 1.82) is 0 Å². The van der Waals surface area contributed by atoms with Crippen LogP contribution in [-0.2, 0) is 4.79 Å². The number of aliphatic hydroxyl groups is 1. The van der Waals surface area contributed by atoms with Crippen LogP contribution in [0.15, 0.2) is 18.2 Å². The van der Waals surface area contributed by atoms with E-state index in [4.69, 9.17) is 23.2 Å². The van der Waals surface area contributed by atoms with E-state index in [1.807, 2.05) is 26.0 Å². The fraction of sp³-hybridized carbons (Fsp3) is 0.562. The minimum Gasteiger partial charge on any atom is -0.394 e. The van der Waals surface area contributed by atoms with Crippen molar-refractivity contribution in [2.24, 2.45) is 5.92 Å². The number of carbonyl (C=O) groups is 1. The van der Waals surface area contributed by atoms with Gasteiger partial charge in [-0.15, -0.1) is 0 Å². The molecular formula is C16H21Cl2NO2. The minimum absolute atomic E-state index is 0.0174. The Kier molecular flexibility index (Phi) is 5.18.